The van der Waals surface area contributed by atoms with E-state index in [0.717, 1.165) is 25.7 Å². The Morgan fingerprint density at radius 1 is 0.333 bits per heavy atom. The third-order valence-corrected chi connectivity index (χ3v) is 9.74. The summed E-state index contributed by atoms with van der Waals surface area (Å²) in [6, 6.07) is 0. The van der Waals surface area contributed by atoms with Gasteiger partial charge in [0.1, 0.15) is 0 Å². The number of hydrogen-bond donors (Lipinski definition) is 3. The van der Waals surface area contributed by atoms with Crippen molar-refractivity contribution in [1.29, 1.82) is 0 Å². The van der Waals surface area contributed by atoms with Gasteiger partial charge in [-0.05, 0) is 12.8 Å². The molecule has 0 aliphatic rings. The second kappa shape index (κ2) is 33.5. The van der Waals surface area contributed by atoms with Crippen LogP contribution in [0.4, 0.5) is 0 Å². The summed E-state index contributed by atoms with van der Waals surface area (Å²) < 4.78 is 10.8. The van der Waals surface area contributed by atoms with Crippen LogP contribution in [0.25, 0.3) is 0 Å². The largest absolute Gasteiger partial charge is 0.481 e. The van der Waals surface area contributed by atoms with Gasteiger partial charge in [0.15, 0.2) is 0 Å². The maximum atomic E-state index is 10.8. The number of rotatable bonds is 36. The molecule has 252 valence electrons. The maximum absolute atomic E-state index is 10.8. The van der Waals surface area contributed by atoms with Crippen molar-refractivity contribution in [2.24, 2.45) is 0 Å². The Kier molecular flexibility index (Phi) is 33.2. The summed E-state index contributed by atoms with van der Waals surface area (Å²) >= 11 is 0. The number of carboxylic acids is 1. The van der Waals surface area contributed by atoms with Crippen LogP contribution in [0.1, 0.15) is 218 Å². The minimum Gasteiger partial charge on any atom is -0.481 e. The summed E-state index contributed by atoms with van der Waals surface area (Å²) in [4.78, 5) is 28.2. The summed E-state index contributed by atoms with van der Waals surface area (Å²) in [6.07, 6.45) is 43.8. The van der Waals surface area contributed by atoms with E-state index in [2.05, 4.69) is 0 Å². The normalized spacial score (nSPS) is 11.9. The fourth-order valence-corrected chi connectivity index (χ4v) is 6.71. The standard InChI is InChI=1S/C36H73O5P/c37-36(38)34-32-30-28-26-24-22-20-18-16-14-12-10-8-6-4-2-1-3-5-7-9-11-13-15-17-19-21-23-25-27-29-31-33-35-42(39,40)41/h1-35H2,(H,37,38)(H2,39,40,41). The summed E-state index contributed by atoms with van der Waals surface area (Å²) in [5.74, 6) is -0.656. The predicted molar refractivity (Wildman–Crippen MR) is 182 cm³/mol. The van der Waals surface area contributed by atoms with E-state index in [-0.39, 0.29) is 6.16 Å². The van der Waals surface area contributed by atoms with Crippen LogP contribution in [-0.4, -0.2) is 27.0 Å². The van der Waals surface area contributed by atoms with Gasteiger partial charge in [-0.15, -0.1) is 0 Å². The quantitative estimate of drug-likeness (QED) is 0.0481. The molecule has 0 aliphatic heterocycles. The van der Waals surface area contributed by atoms with E-state index in [1.54, 1.807) is 0 Å². The van der Waals surface area contributed by atoms with E-state index in [1.165, 1.54) is 180 Å². The Bertz CT molecular complexity index is 591. The van der Waals surface area contributed by atoms with Gasteiger partial charge in [-0.3, -0.25) is 9.36 Å². The number of hydrogen-bond acceptors (Lipinski definition) is 2. The molecule has 0 heterocycles. The lowest BCUT2D eigenvalue weighted by molar-refractivity contribution is -0.137. The minimum atomic E-state index is -3.78. The lowest BCUT2D eigenvalue weighted by Crippen LogP contribution is -1.93. The molecule has 3 N–H and O–H groups in total. The third-order valence-electron chi connectivity index (χ3n) is 8.84. The second-order valence-corrected chi connectivity index (χ2v) is 15.0. The third kappa shape index (κ3) is 39.6. The fraction of sp³-hybridized carbons (Fsp3) is 0.972. The number of carbonyl (C=O) groups is 1. The van der Waals surface area contributed by atoms with Gasteiger partial charge in [-0.25, -0.2) is 0 Å². The Morgan fingerprint density at radius 3 is 0.667 bits per heavy atom. The van der Waals surface area contributed by atoms with Crippen LogP contribution in [0.3, 0.4) is 0 Å². The number of carboxylic acid groups (broad SMARTS) is 1. The summed E-state index contributed by atoms with van der Waals surface area (Å²) in [7, 11) is -3.78. The van der Waals surface area contributed by atoms with Crippen LogP contribution in [0, 0.1) is 0 Å². The minimum absolute atomic E-state index is 0.0551. The zero-order valence-corrected chi connectivity index (χ0v) is 28.7. The molecule has 0 rings (SSSR count). The van der Waals surface area contributed by atoms with Gasteiger partial charge in [0, 0.05) is 12.6 Å². The lowest BCUT2D eigenvalue weighted by atomic mass is 10.0. The van der Waals surface area contributed by atoms with E-state index < -0.39 is 13.6 Å². The van der Waals surface area contributed by atoms with Crippen molar-refractivity contribution in [3.63, 3.8) is 0 Å². The maximum Gasteiger partial charge on any atom is 0.325 e. The zero-order valence-electron chi connectivity index (χ0n) is 27.9. The van der Waals surface area contributed by atoms with Crippen LogP contribution in [0.2, 0.25) is 0 Å². The predicted octanol–water partition coefficient (Wildman–Crippen LogP) is 12.5. The molecule has 0 unspecified atom stereocenters. The molecular weight excluding hydrogens is 543 g/mol. The monoisotopic (exact) mass is 617 g/mol. The Hall–Kier alpha value is -0.380. The Balaban J connectivity index is 3.06. The molecule has 0 atom stereocenters. The Morgan fingerprint density at radius 2 is 0.500 bits per heavy atom. The molecule has 5 nitrogen and oxygen atoms in total. The van der Waals surface area contributed by atoms with Gasteiger partial charge in [0.25, 0.3) is 0 Å². The van der Waals surface area contributed by atoms with E-state index in [0.29, 0.717) is 12.8 Å². The first-order valence-electron chi connectivity index (χ1n) is 18.7. The SMILES string of the molecule is O=C(O)CCCCCCCCCCCCCCCCCCCCCCCCCCCCCCCCCCCP(=O)(O)O. The second-order valence-electron chi connectivity index (χ2n) is 13.2. The molecule has 0 amide bonds. The van der Waals surface area contributed by atoms with Crippen molar-refractivity contribution >= 4 is 13.6 Å². The summed E-state index contributed by atoms with van der Waals surface area (Å²) in [6.45, 7) is 0. The molecule has 0 spiro atoms. The number of unbranched alkanes of at least 4 members (excludes halogenated alkanes) is 32. The van der Waals surface area contributed by atoms with E-state index >= 15 is 0 Å². The van der Waals surface area contributed by atoms with E-state index in [1.807, 2.05) is 0 Å². The van der Waals surface area contributed by atoms with Crippen LogP contribution >= 0.6 is 7.60 Å². The zero-order chi connectivity index (χ0) is 30.8. The smallest absolute Gasteiger partial charge is 0.325 e. The van der Waals surface area contributed by atoms with Crippen molar-refractivity contribution in [3.05, 3.63) is 0 Å². The van der Waals surface area contributed by atoms with Crippen LogP contribution in [0.15, 0.2) is 0 Å². The molecule has 0 fully saturated rings. The van der Waals surface area contributed by atoms with Gasteiger partial charge >= 0.3 is 13.6 Å². The van der Waals surface area contributed by atoms with Crippen molar-refractivity contribution in [3.8, 4) is 0 Å². The molecular formula is C36H73O5P. The van der Waals surface area contributed by atoms with Gasteiger partial charge in [-0.1, -0.05) is 199 Å². The molecule has 6 heteroatoms. The molecule has 0 saturated carbocycles. The molecule has 0 aromatic rings. The highest BCUT2D eigenvalue weighted by atomic mass is 31.2. The van der Waals surface area contributed by atoms with E-state index in [4.69, 9.17) is 14.9 Å². The average molecular weight is 617 g/mol. The van der Waals surface area contributed by atoms with E-state index in [9.17, 15) is 9.36 Å². The van der Waals surface area contributed by atoms with Crippen LogP contribution < -0.4 is 0 Å². The van der Waals surface area contributed by atoms with Crippen molar-refractivity contribution in [2.45, 2.75) is 218 Å². The first kappa shape index (κ1) is 41.6. The Labute approximate surface area is 262 Å². The molecule has 0 saturated heterocycles. The van der Waals surface area contributed by atoms with Crippen molar-refractivity contribution in [2.75, 3.05) is 6.16 Å². The number of aliphatic carboxylic acids is 1. The van der Waals surface area contributed by atoms with Gasteiger partial charge in [0.05, 0.1) is 0 Å². The molecule has 0 aromatic heterocycles. The highest BCUT2D eigenvalue weighted by molar-refractivity contribution is 7.51. The van der Waals surface area contributed by atoms with Crippen molar-refractivity contribution < 1.29 is 24.3 Å². The van der Waals surface area contributed by atoms with Gasteiger partial charge in [-0.2, -0.15) is 0 Å². The summed E-state index contributed by atoms with van der Waals surface area (Å²) in [5.41, 5.74) is 0. The highest BCUT2D eigenvalue weighted by Crippen LogP contribution is 2.35. The van der Waals surface area contributed by atoms with Gasteiger partial charge < -0.3 is 14.9 Å². The summed E-state index contributed by atoms with van der Waals surface area (Å²) in [5, 5.41) is 8.63. The lowest BCUT2D eigenvalue weighted by Gasteiger charge is -2.05. The highest BCUT2D eigenvalue weighted by Gasteiger charge is 2.10. The first-order chi connectivity index (χ1) is 20.4. The fourth-order valence-electron chi connectivity index (χ4n) is 6.07. The first-order valence-corrected chi connectivity index (χ1v) is 20.5. The van der Waals surface area contributed by atoms with Crippen LogP contribution in [-0.2, 0) is 9.36 Å². The van der Waals surface area contributed by atoms with Crippen LogP contribution in [0.5, 0.6) is 0 Å². The molecule has 0 aromatic carbocycles. The molecule has 0 bridgehead atoms. The average Bonchev–Trinajstić information content (AvgIpc) is 2.94. The molecule has 0 aliphatic carbocycles. The van der Waals surface area contributed by atoms with Crippen molar-refractivity contribution in [1.82, 2.24) is 0 Å². The molecule has 42 heavy (non-hydrogen) atoms. The van der Waals surface area contributed by atoms with Gasteiger partial charge in [0.2, 0.25) is 0 Å². The molecule has 0 radical (unpaired) electrons. The topological polar surface area (TPSA) is 94.8 Å².